The largest absolute Gasteiger partial charge is 0.497 e. The molecule has 1 amide bonds. The molecule has 0 unspecified atom stereocenters. The minimum absolute atomic E-state index is 0.0832. The third-order valence-electron chi connectivity index (χ3n) is 3.62. The van der Waals surface area contributed by atoms with Crippen LogP contribution in [0.5, 0.6) is 5.75 Å². The second-order valence-corrected chi connectivity index (χ2v) is 6.71. The van der Waals surface area contributed by atoms with Crippen molar-refractivity contribution < 1.29 is 9.53 Å². The van der Waals surface area contributed by atoms with Crippen molar-refractivity contribution in [3.8, 4) is 5.75 Å². The van der Waals surface area contributed by atoms with Crippen molar-refractivity contribution in [3.05, 3.63) is 45.9 Å². The number of thiazole rings is 1. The molecule has 1 N–H and O–H groups in total. The summed E-state index contributed by atoms with van der Waals surface area (Å²) in [6.45, 7) is 4.91. The van der Waals surface area contributed by atoms with Gasteiger partial charge in [-0.15, -0.1) is 11.3 Å². The summed E-state index contributed by atoms with van der Waals surface area (Å²) in [6.07, 6.45) is 2.03. The molecule has 0 saturated heterocycles. The van der Waals surface area contributed by atoms with Gasteiger partial charge in [0.15, 0.2) is 0 Å². The van der Waals surface area contributed by atoms with Crippen LogP contribution in [-0.2, 0) is 17.6 Å². The number of aromatic nitrogens is 1. The van der Waals surface area contributed by atoms with Crippen molar-refractivity contribution in [2.75, 3.05) is 13.7 Å². The molecule has 0 aliphatic rings. The minimum atomic E-state index is 0.0832. The van der Waals surface area contributed by atoms with E-state index in [0.29, 0.717) is 25.3 Å². The van der Waals surface area contributed by atoms with Crippen LogP contribution in [-0.4, -0.2) is 24.5 Å². The van der Waals surface area contributed by atoms with E-state index in [2.05, 4.69) is 29.5 Å². The van der Waals surface area contributed by atoms with Crippen molar-refractivity contribution in [2.24, 2.45) is 0 Å². The Balaban J connectivity index is 1.68. The molecule has 0 atom stereocenters. The molecule has 0 radical (unpaired) electrons. The van der Waals surface area contributed by atoms with Gasteiger partial charge in [-0.3, -0.25) is 4.79 Å². The summed E-state index contributed by atoms with van der Waals surface area (Å²) >= 11 is 1.64. The van der Waals surface area contributed by atoms with Crippen molar-refractivity contribution in [3.63, 3.8) is 0 Å². The number of amides is 1. The lowest BCUT2D eigenvalue weighted by molar-refractivity contribution is -0.121. The highest BCUT2D eigenvalue weighted by Gasteiger charge is 2.08. The first kappa shape index (κ1) is 17.5. The predicted octanol–water partition coefficient (Wildman–Crippen LogP) is 3.57. The molecule has 1 heterocycles. The summed E-state index contributed by atoms with van der Waals surface area (Å²) in [5, 5.41) is 6.09. The summed E-state index contributed by atoms with van der Waals surface area (Å²) in [4.78, 5) is 16.4. The van der Waals surface area contributed by atoms with Gasteiger partial charge in [-0.05, 0) is 30.0 Å². The number of hydrogen-bond acceptors (Lipinski definition) is 4. The second kappa shape index (κ2) is 8.67. The number of hydrogen-bond donors (Lipinski definition) is 1. The zero-order chi connectivity index (χ0) is 16.7. The Kier molecular flexibility index (Phi) is 6.59. The molecular weight excluding hydrogens is 308 g/mol. The number of nitrogens with one attached hydrogen (secondary N) is 1. The quantitative estimate of drug-likeness (QED) is 0.804. The van der Waals surface area contributed by atoms with Crippen molar-refractivity contribution in [2.45, 2.75) is 39.0 Å². The highest BCUT2D eigenvalue weighted by atomic mass is 32.1. The molecule has 1 aromatic heterocycles. The molecule has 0 spiro atoms. The molecule has 0 saturated carbocycles. The van der Waals surface area contributed by atoms with Crippen molar-refractivity contribution >= 4 is 17.2 Å². The number of rotatable bonds is 8. The first-order valence-corrected chi connectivity index (χ1v) is 8.80. The topological polar surface area (TPSA) is 51.2 Å². The van der Waals surface area contributed by atoms with E-state index in [1.54, 1.807) is 18.4 Å². The number of aryl methyl sites for hydroxylation is 1. The number of benzene rings is 1. The van der Waals surface area contributed by atoms with E-state index < -0.39 is 0 Å². The molecule has 23 heavy (non-hydrogen) atoms. The van der Waals surface area contributed by atoms with Crippen molar-refractivity contribution in [1.29, 1.82) is 0 Å². The fourth-order valence-electron chi connectivity index (χ4n) is 2.15. The highest BCUT2D eigenvalue weighted by molar-refractivity contribution is 7.09. The normalized spacial score (nSPS) is 10.8. The van der Waals surface area contributed by atoms with Crippen LogP contribution in [0.4, 0.5) is 0 Å². The van der Waals surface area contributed by atoms with E-state index in [9.17, 15) is 4.79 Å². The molecule has 0 fully saturated rings. The molecule has 0 bridgehead atoms. The number of nitrogens with zero attached hydrogens (tertiary/aromatic N) is 1. The molecule has 4 nitrogen and oxygen atoms in total. The number of methoxy groups -OCH3 is 1. The standard InChI is InChI=1S/C18H24N2O2S/c1-13(2)16-12-23-18(20-16)9-8-17(21)19-11-10-14-4-6-15(22-3)7-5-14/h4-7,12-13H,8-11H2,1-3H3,(H,19,21). The van der Waals surface area contributed by atoms with Crippen LogP contribution < -0.4 is 10.1 Å². The number of carbonyl (C=O) groups is 1. The molecule has 1 aromatic carbocycles. The summed E-state index contributed by atoms with van der Waals surface area (Å²) in [5.41, 5.74) is 2.30. The first-order chi connectivity index (χ1) is 11.1. The molecule has 0 aliphatic heterocycles. The maximum absolute atomic E-state index is 11.9. The van der Waals surface area contributed by atoms with Gasteiger partial charge in [0, 0.05) is 24.8 Å². The van der Waals surface area contributed by atoms with Gasteiger partial charge < -0.3 is 10.1 Å². The average Bonchev–Trinajstić information content (AvgIpc) is 3.03. The Morgan fingerprint density at radius 1 is 1.26 bits per heavy atom. The van der Waals surface area contributed by atoms with E-state index in [-0.39, 0.29) is 5.91 Å². The van der Waals surface area contributed by atoms with Gasteiger partial charge in [-0.25, -0.2) is 4.98 Å². The molecular formula is C18H24N2O2S. The van der Waals surface area contributed by atoms with E-state index in [4.69, 9.17) is 4.74 Å². The fraction of sp³-hybridized carbons (Fsp3) is 0.444. The second-order valence-electron chi connectivity index (χ2n) is 5.77. The smallest absolute Gasteiger partial charge is 0.220 e. The van der Waals surface area contributed by atoms with Crippen LogP contribution in [0, 0.1) is 0 Å². The van der Waals surface area contributed by atoms with Gasteiger partial charge in [0.25, 0.3) is 0 Å². The number of carbonyl (C=O) groups excluding carboxylic acids is 1. The molecule has 0 aliphatic carbocycles. The first-order valence-electron chi connectivity index (χ1n) is 7.92. The Hall–Kier alpha value is -1.88. The molecule has 2 aromatic rings. The summed E-state index contributed by atoms with van der Waals surface area (Å²) < 4.78 is 5.13. The Bertz CT molecular complexity index is 620. The zero-order valence-electron chi connectivity index (χ0n) is 14.0. The van der Waals surface area contributed by atoms with Crippen LogP contribution in [0.3, 0.4) is 0 Å². The minimum Gasteiger partial charge on any atom is -0.497 e. The van der Waals surface area contributed by atoms with E-state index >= 15 is 0 Å². The average molecular weight is 332 g/mol. The maximum Gasteiger partial charge on any atom is 0.220 e. The fourth-order valence-corrected chi connectivity index (χ4v) is 3.11. The Morgan fingerprint density at radius 2 is 2.00 bits per heavy atom. The van der Waals surface area contributed by atoms with Gasteiger partial charge in [0.05, 0.1) is 17.8 Å². The third kappa shape index (κ3) is 5.67. The van der Waals surface area contributed by atoms with Crippen LogP contribution in [0.2, 0.25) is 0 Å². The van der Waals surface area contributed by atoms with Gasteiger partial charge in [-0.1, -0.05) is 26.0 Å². The van der Waals surface area contributed by atoms with E-state index in [1.165, 1.54) is 5.56 Å². The number of ether oxygens (including phenoxy) is 1. The lowest BCUT2D eigenvalue weighted by Crippen LogP contribution is -2.25. The third-order valence-corrected chi connectivity index (χ3v) is 4.55. The van der Waals surface area contributed by atoms with Gasteiger partial charge in [0.1, 0.15) is 5.75 Å². The summed E-state index contributed by atoms with van der Waals surface area (Å²) in [7, 11) is 1.65. The zero-order valence-corrected chi connectivity index (χ0v) is 14.8. The summed E-state index contributed by atoms with van der Waals surface area (Å²) in [5.74, 6) is 1.38. The van der Waals surface area contributed by atoms with E-state index in [0.717, 1.165) is 22.9 Å². The predicted molar refractivity (Wildman–Crippen MR) is 94.2 cm³/mol. The Morgan fingerprint density at radius 3 is 2.61 bits per heavy atom. The highest BCUT2D eigenvalue weighted by Crippen LogP contribution is 2.18. The lowest BCUT2D eigenvalue weighted by Gasteiger charge is -2.06. The van der Waals surface area contributed by atoms with Crippen molar-refractivity contribution in [1.82, 2.24) is 10.3 Å². The SMILES string of the molecule is COc1ccc(CCNC(=O)CCc2nc(C(C)C)cs2)cc1. The van der Waals surface area contributed by atoms with Crippen LogP contribution in [0.25, 0.3) is 0 Å². The monoisotopic (exact) mass is 332 g/mol. The lowest BCUT2D eigenvalue weighted by atomic mass is 10.1. The van der Waals surface area contributed by atoms with E-state index in [1.807, 2.05) is 24.3 Å². The van der Waals surface area contributed by atoms with Crippen LogP contribution >= 0.6 is 11.3 Å². The maximum atomic E-state index is 11.9. The van der Waals surface area contributed by atoms with Gasteiger partial charge in [0.2, 0.25) is 5.91 Å². The summed E-state index contributed by atoms with van der Waals surface area (Å²) in [6, 6.07) is 7.92. The van der Waals surface area contributed by atoms with Gasteiger partial charge in [-0.2, -0.15) is 0 Å². The van der Waals surface area contributed by atoms with Crippen LogP contribution in [0.15, 0.2) is 29.6 Å². The molecule has 2 rings (SSSR count). The van der Waals surface area contributed by atoms with Gasteiger partial charge >= 0.3 is 0 Å². The Labute approximate surface area is 141 Å². The molecule has 124 valence electrons. The van der Waals surface area contributed by atoms with Crippen LogP contribution in [0.1, 0.15) is 42.5 Å². The molecule has 5 heteroatoms.